The van der Waals surface area contributed by atoms with Crippen molar-refractivity contribution in [2.45, 2.75) is 0 Å². The van der Waals surface area contributed by atoms with Crippen LogP contribution in [-0.2, 0) is 4.79 Å². The van der Waals surface area contributed by atoms with Crippen LogP contribution < -0.4 is 10.2 Å². The summed E-state index contributed by atoms with van der Waals surface area (Å²) in [4.78, 5) is 24.3. The summed E-state index contributed by atoms with van der Waals surface area (Å²) in [5.41, 5.74) is 2.01. The van der Waals surface area contributed by atoms with Crippen LogP contribution in [0.3, 0.4) is 0 Å². The zero-order valence-corrected chi connectivity index (χ0v) is 11.1. The summed E-state index contributed by atoms with van der Waals surface area (Å²) in [6.07, 6.45) is 0. The van der Waals surface area contributed by atoms with Crippen LogP contribution in [0.1, 0.15) is 10.6 Å². The molecule has 2 N–H and O–H groups in total. The van der Waals surface area contributed by atoms with E-state index in [1.165, 1.54) is 6.07 Å². The first kappa shape index (κ1) is 13.2. The van der Waals surface area contributed by atoms with E-state index < -0.39 is 5.97 Å². The first-order valence-corrected chi connectivity index (χ1v) is 6.46. The maximum Gasteiger partial charge on any atom is 0.374 e. The fraction of sp³-hybridized carbons (Fsp3) is 0.214. The Morgan fingerprint density at radius 3 is 2.90 bits per heavy atom. The van der Waals surface area contributed by atoms with Crippen molar-refractivity contribution in [1.29, 1.82) is 0 Å². The molecule has 0 unspecified atom stereocenters. The van der Waals surface area contributed by atoms with Gasteiger partial charge in [0, 0.05) is 30.4 Å². The van der Waals surface area contributed by atoms with Crippen molar-refractivity contribution in [3.63, 3.8) is 0 Å². The highest BCUT2D eigenvalue weighted by Crippen LogP contribution is 2.30. The molecule has 2 aromatic rings. The van der Waals surface area contributed by atoms with Gasteiger partial charge in [0.2, 0.25) is 11.7 Å². The molecule has 0 spiro atoms. The normalized spacial score (nSPS) is 14.9. The summed E-state index contributed by atoms with van der Waals surface area (Å²) in [6.45, 7) is 1.53. The third-order valence-electron chi connectivity index (χ3n) is 3.28. The van der Waals surface area contributed by atoms with Gasteiger partial charge in [-0.2, -0.15) is 0 Å². The Morgan fingerprint density at radius 2 is 2.19 bits per heavy atom. The van der Waals surface area contributed by atoms with Gasteiger partial charge in [-0.05, 0) is 6.07 Å². The highest BCUT2D eigenvalue weighted by atomic mass is 16.5. The molecule has 0 radical (unpaired) electrons. The number of carboxylic acid groups (broad SMARTS) is 1. The number of rotatable bonds is 3. The second-order valence-electron chi connectivity index (χ2n) is 4.67. The van der Waals surface area contributed by atoms with Gasteiger partial charge in [-0.25, -0.2) is 4.79 Å². The molecule has 0 bridgehead atoms. The minimum Gasteiger partial charge on any atom is -0.475 e. The fourth-order valence-electron chi connectivity index (χ4n) is 2.31. The molecule has 0 aliphatic carbocycles. The zero-order chi connectivity index (χ0) is 14.8. The molecule has 1 aliphatic heterocycles. The number of carboxylic acids is 1. The first-order valence-electron chi connectivity index (χ1n) is 6.46. The standard InChI is InChI=1S/C14H13N3O4/c18-13-8-17(6-5-15-13)11-4-2-1-3-9(11)10-7-12(14(19)20)21-16-10/h1-4,7H,5-6,8H2,(H,15,18)(H,19,20). The molecule has 1 aliphatic rings. The number of hydrogen-bond donors (Lipinski definition) is 2. The van der Waals surface area contributed by atoms with Crippen molar-refractivity contribution in [1.82, 2.24) is 10.5 Å². The quantitative estimate of drug-likeness (QED) is 0.873. The Labute approximate surface area is 120 Å². The molecule has 0 atom stereocenters. The molecule has 1 fully saturated rings. The van der Waals surface area contributed by atoms with Gasteiger partial charge in [-0.1, -0.05) is 23.4 Å². The molecule has 1 aromatic heterocycles. The minimum atomic E-state index is -1.16. The number of piperazine rings is 1. The van der Waals surface area contributed by atoms with Gasteiger partial charge in [-0.3, -0.25) is 4.79 Å². The topological polar surface area (TPSA) is 95.7 Å². The van der Waals surface area contributed by atoms with Crippen molar-refractivity contribution in [2.24, 2.45) is 0 Å². The van der Waals surface area contributed by atoms with E-state index in [2.05, 4.69) is 10.5 Å². The summed E-state index contributed by atoms with van der Waals surface area (Å²) >= 11 is 0. The Hall–Kier alpha value is -2.83. The number of benzene rings is 1. The van der Waals surface area contributed by atoms with E-state index >= 15 is 0 Å². The average molecular weight is 287 g/mol. The lowest BCUT2D eigenvalue weighted by molar-refractivity contribution is -0.120. The summed E-state index contributed by atoms with van der Waals surface area (Å²) in [6, 6.07) is 8.78. The molecule has 21 heavy (non-hydrogen) atoms. The predicted molar refractivity (Wildman–Crippen MR) is 74.1 cm³/mol. The van der Waals surface area contributed by atoms with Gasteiger partial charge in [0.15, 0.2) is 0 Å². The van der Waals surface area contributed by atoms with Crippen molar-refractivity contribution >= 4 is 17.6 Å². The molecule has 1 saturated heterocycles. The Bertz CT molecular complexity index is 695. The Balaban J connectivity index is 1.98. The lowest BCUT2D eigenvalue weighted by Crippen LogP contribution is -2.47. The summed E-state index contributed by atoms with van der Waals surface area (Å²) in [5.74, 6) is -1.41. The number of carbonyl (C=O) groups excluding carboxylic acids is 1. The lowest BCUT2D eigenvalue weighted by atomic mass is 10.1. The fourth-order valence-corrected chi connectivity index (χ4v) is 2.31. The van der Waals surface area contributed by atoms with Crippen molar-refractivity contribution in [2.75, 3.05) is 24.5 Å². The molecule has 0 saturated carbocycles. The molecule has 7 nitrogen and oxygen atoms in total. The average Bonchev–Trinajstić information content (AvgIpc) is 2.97. The lowest BCUT2D eigenvalue weighted by Gasteiger charge is -2.29. The van der Waals surface area contributed by atoms with Crippen LogP contribution in [0, 0.1) is 0 Å². The van der Waals surface area contributed by atoms with Crippen LogP contribution >= 0.6 is 0 Å². The van der Waals surface area contributed by atoms with Crippen LogP contribution in [0.25, 0.3) is 11.3 Å². The maximum atomic E-state index is 11.5. The van der Waals surface area contributed by atoms with Crippen LogP contribution in [0.5, 0.6) is 0 Å². The predicted octanol–water partition coefficient (Wildman–Crippen LogP) is 0.976. The maximum absolute atomic E-state index is 11.5. The largest absolute Gasteiger partial charge is 0.475 e. The van der Waals surface area contributed by atoms with Crippen molar-refractivity contribution in [3.05, 3.63) is 36.1 Å². The molecule has 1 amide bonds. The number of nitrogens with one attached hydrogen (secondary N) is 1. The van der Waals surface area contributed by atoms with Gasteiger partial charge >= 0.3 is 5.97 Å². The van der Waals surface area contributed by atoms with Gasteiger partial charge in [0.05, 0.1) is 6.54 Å². The van der Waals surface area contributed by atoms with Gasteiger partial charge in [0.1, 0.15) is 5.69 Å². The molecule has 3 rings (SSSR count). The van der Waals surface area contributed by atoms with Crippen LogP contribution in [0.2, 0.25) is 0 Å². The first-order chi connectivity index (χ1) is 10.1. The Morgan fingerprint density at radius 1 is 1.38 bits per heavy atom. The molecule has 7 heteroatoms. The number of anilines is 1. The Kier molecular flexibility index (Phi) is 3.31. The SMILES string of the molecule is O=C1CN(c2ccccc2-c2cc(C(=O)O)on2)CCN1. The van der Waals surface area contributed by atoms with E-state index in [1.54, 1.807) is 0 Å². The van der Waals surface area contributed by atoms with Crippen molar-refractivity contribution in [3.8, 4) is 11.3 Å². The molecule has 108 valence electrons. The second-order valence-corrected chi connectivity index (χ2v) is 4.67. The van der Waals surface area contributed by atoms with E-state index in [0.29, 0.717) is 18.8 Å². The smallest absolute Gasteiger partial charge is 0.374 e. The molecular formula is C14H13N3O4. The molecular weight excluding hydrogens is 274 g/mol. The number of hydrogen-bond acceptors (Lipinski definition) is 5. The van der Waals surface area contributed by atoms with Crippen LogP contribution in [0.15, 0.2) is 34.9 Å². The van der Waals surface area contributed by atoms with E-state index in [1.807, 2.05) is 29.2 Å². The van der Waals surface area contributed by atoms with E-state index in [-0.39, 0.29) is 18.2 Å². The monoisotopic (exact) mass is 287 g/mol. The third kappa shape index (κ3) is 2.58. The van der Waals surface area contributed by atoms with Gasteiger partial charge < -0.3 is 19.8 Å². The third-order valence-corrected chi connectivity index (χ3v) is 3.28. The number of carbonyl (C=O) groups is 2. The highest BCUT2D eigenvalue weighted by molar-refractivity contribution is 5.88. The van der Waals surface area contributed by atoms with Gasteiger partial charge in [-0.15, -0.1) is 0 Å². The summed E-state index contributed by atoms with van der Waals surface area (Å²) < 4.78 is 4.80. The molecule has 1 aromatic carbocycles. The molecule has 2 heterocycles. The highest BCUT2D eigenvalue weighted by Gasteiger charge is 2.21. The number of aromatic carboxylic acids is 1. The van der Waals surface area contributed by atoms with E-state index in [4.69, 9.17) is 9.63 Å². The second kappa shape index (κ2) is 5.28. The van der Waals surface area contributed by atoms with Crippen molar-refractivity contribution < 1.29 is 19.2 Å². The summed E-state index contributed by atoms with van der Waals surface area (Å²) in [5, 5.41) is 15.5. The van der Waals surface area contributed by atoms with Crippen LogP contribution in [0.4, 0.5) is 5.69 Å². The minimum absolute atomic E-state index is 0.0394. The zero-order valence-electron chi connectivity index (χ0n) is 11.1. The number of aromatic nitrogens is 1. The number of amides is 1. The van der Waals surface area contributed by atoms with E-state index in [0.717, 1.165) is 11.3 Å². The number of nitrogens with zero attached hydrogens (tertiary/aromatic N) is 2. The van der Waals surface area contributed by atoms with E-state index in [9.17, 15) is 9.59 Å². The van der Waals surface area contributed by atoms with Crippen LogP contribution in [-0.4, -0.2) is 41.8 Å². The summed E-state index contributed by atoms with van der Waals surface area (Å²) in [7, 11) is 0. The van der Waals surface area contributed by atoms with Gasteiger partial charge in [0.25, 0.3) is 0 Å². The number of para-hydroxylation sites is 1.